The zero-order chi connectivity index (χ0) is 22.5. The van der Waals surface area contributed by atoms with Crippen molar-refractivity contribution in [3.8, 4) is 5.75 Å². The molecule has 1 aromatic heterocycles. The first-order valence-corrected chi connectivity index (χ1v) is 11.0. The molecule has 0 spiro atoms. The van der Waals surface area contributed by atoms with E-state index in [1.807, 2.05) is 42.5 Å². The standard InChI is InChI=1S/C25H31N5O2/c1-18-16-23(32-3)11-7-19(18)4-8-21-17-24(28-27-21)26-25(31)20-5-9-22(10-6-20)30-14-12-29(2)13-15-30/h5-7,9-11,16-17H,4,8,12-15H2,1-3H3,(H2,26,27,28,31). The quantitative estimate of drug-likeness (QED) is 0.597. The Kier molecular flexibility index (Phi) is 6.75. The highest BCUT2D eigenvalue weighted by Crippen LogP contribution is 2.20. The van der Waals surface area contributed by atoms with E-state index >= 15 is 0 Å². The number of amides is 1. The molecule has 1 aliphatic heterocycles. The van der Waals surface area contributed by atoms with Crippen LogP contribution >= 0.6 is 0 Å². The number of nitrogens with one attached hydrogen (secondary N) is 2. The molecule has 1 fully saturated rings. The van der Waals surface area contributed by atoms with Gasteiger partial charge in [-0.15, -0.1) is 0 Å². The van der Waals surface area contributed by atoms with E-state index in [1.54, 1.807) is 7.11 Å². The fourth-order valence-electron chi connectivity index (χ4n) is 3.98. The summed E-state index contributed by atoms with van der Waals surface area (Å²) in [5, 5.41) is 10.2. The van der Waals surface area contributed by atoms with E-state index in [2.05, 4.69) is 45.4 Å². The summed E-state index contributed by atoms with van der Waals surface area (Å²) in [6.45, 7) is 6.22. The summed E-state index contributed by atoms with van der Waals surface area (Å²) in [5.74, 6) is 1.26. The average Bonchev–Trinajstić information content (AvgIpc) is 3.26. The second kappa shape index (κ2) is 9.87. The van der Waals surface area contributed by atoms with Crippen molar-refractivity contribution in [2.45, 2.75) is 19.8 Å². The maximum absolute atomic E-state index is 12.6. The molecular formula is C25H31N5O2. The number of hydrogen-bond acceptors (Lipinski definition) is 5. The normalized spacial score (nSPS) is 14.4. The van der Waals surface area contributed by atoms with Gasteiger partial charge in [0.2, 0.25) is 0 Å². The van der Waals surface area contributed by atoms with Gasteiger partial charge in [-0.3, -0.25) is 9.89 Å². The van der Waals surface area contributed by atoms with E-state index in [0.29, 0.717) is 11.4 Å². The van der Waals surface area contributed by atoms with Crippen LogP contribution in [0.1, 0.15) is 27.2 Å². The van der Waals surface area contributed by atoms with Crippen LogP contribution in [0, 0.1) is 6.92 Å². The molecule has 0 aliphatic carbocycles. The Labute approximate surface area is 189 Å². The Morgan fingerprint density at radius 1 is 1.06 bits per heavy atom. The molecule has 1 aliphatic rings. The number of aryl methyl sites for hydroxylation is 3. The third-order valence-corrected chi connectivity index (χ3v) is 6.08. The number of likely N-dealkylation sites (N-methyl/N-ethyl adjacent to an activating group) is 1. The van der Waals surface area contributed by atoms with Crippen LogP contribution in [0.15, 0.2) is 48.5 Å². The number of carbonyl (C=O) groups is 1. The Bertz CT molecular complexity index is 1050. The number of H-pyrrole nitrogens is 1. The molecule has 0 unspecified atom stereocenters. The number of piperazine rings is 1. The average molecular weight is 434 g/mol. The fraction of sp³-hybridized carbons (Fsp3) is 0.360. The number of aromatic amines is 1. The van der Waals surface area contributed by atoms with Crippen molar-refractivity contribution in [2.24, 2.45) is 0 Å². The summed E-state index contributed by atoms with van der Waals surface area (Å²) >= 11 is 0. The Balaban J connectivity index is 1.31. The van der Waals surface area contributed by atoms with Gasteiger partial charge in [0.25, 0.3) is 5.91 Å². The Hall–Kier alpha value is -3.32. The van der Waals surface area contributed by atoms with Crippen molar-refractivity contribution in [2.75, 3.05) is 50.6 Å². The molecule has 32 heavy (non-hydrogen) atoms. The van der Waals surface area contributed by atoms with E-state index in [1.165, 1.54) is 11.1 Å². The van der Waals surface area contributed by atoms with Crippen LogP contribution in [0.25, 0.3) is 0 Å². The van der Waals surface area contributed by atoms with E-state index < -0.39 is 0 Å². The molecule has 0 radical (unpaired) electrons. The predicted molar refractivity (Wildman–Crippen MR) is 128 cm³/mol. The van der Waals surface area contributed by atoms with Crippen molar-refractivity contribution < 1.29 is 9.53 Å². The van der Waals surface area contributed by atoms with Gasteiger partial charge < -0.3 is 19.9 Å². The SMILES string of the molecule is COc1ccc(CCc2cc(NC(=O)c3ccc(N4CCN(C)CC4)cc3)n[nH]2)c(C)c1. The third kappa shape index (κ3) is 5.29. The molecule has 3 aromatic rings. The monoisotopic (exact) mass is 433 g/mol. The molecule has 168 valence electrons. The van der Waals surface area contributed by atoms with Gasteiger partial charge in [0.15, 0.2) is 5.82 Å². The highest BCUT2D eigenvalue weighted by molar-refractivity contribution is 6.03. The summed E-state index contributed by atoms with van der Waals surface area (Å²) in [6.07, 6.45) is 1.70. The summed E-state index contributed by atoms with van der Waals surface area (Å²) in [5.41, 5.74) is 5.25. The number of ether oxygens (including phenoxy) is 1. The Morgan fingerprint density at radius 3 is 2.50 bits per heavy atom. The first kappa shape index (κ1) is 21.9. The van der Waals surface area contributed by atoms with Crippen molar-refractivity contribution in [1.29, 1.82) is 0 Å². The maximum atomic E-state index is 12.6. The maximum Gasteiger partial charge on any atom is 0.256 e. The second-order valence-corrected chi connectivity index (χ2v) is 8.36. The molecule has 7 heteroatoms. The Morgan fingerprint density at radius 2 is 1.81 bits per heavy atom. The van der Waals surface area contributed by atoms with E-state index in [9.17, 15) is 4.79 Å². The minimum Gasteiger partial charge on any atom is -0.497 e. The molecule has 0 bridgehead atoms. The molecule has 2 aromatic carbocycles. The first-order chi connectivity index (χ1) is 15.5. The highest BCUT2D eigenvalue weighted by atomic mass is 16.5. The van der Waals surface area contributed by atoms with Crippen LogP contribution in [0.5, 0.6) is 5.75 Å². The molecule has 2 N–H and O–H groups in total. The van der Waals surface area contributed by atoms with Crippen LogP contribution in [0.2, 0.25) is 0 Å². The van der Waals surface area contributed by atoms with Gasteiger partial charge in [0, 0.05) is 49.2 Å². The third-order valence-electron chi connectivity index (χ3n) is 6.08. The lowest BCUT2D eigenvalue weighted by atomic mass is 10.0. The van der Waals surface area contributed by atoms with E-state index in [4.69, 9.17) is 4.74 Å². The van der Waals surface area contributed by atoms with Crippen LogP contribution in [0.4, 0.5) is 11.5 Å². The van der Waals surface area contributed by atoms with Crippen LogP contribution in [-0.4, -0.2) is 61.3 Å². The van der Waals surface area contributed by atoms with Crippen LogP contribution in [-0.2, 0) is 12.8 Å². The molecule has 1 saturated heterocycles. The minimum absolute atomic E-state index is 0.154. The molecular weight excluding hydrogens is 402 g/mol. The summed E-state index contributed by atoms with van der Waals surface area (Å²) < 4.78 is 5.27. The molecule has 0 atom stereocenters. The van der Waals surface area contributed by atoms with E-state index in [0.717, 1.165) is 56.2 Å². The lowest BCUT2D eigenvalue weighted by Crippen LogP contribution is -2.44. The summed E-state index contributed by atoms with van der Waals surface area (Å²) in [6, 6.07) is 15.8. The van der Waals surface area contributed by atoms with Crippen molar-refractivity contribution in [3.63, 3.8) is 0 Å². The fourth-order valence-corrected chi connectivity index (χ4v) is 3.98. The summed E-state index contributed by atoms with van der Waals surface area (Å²) in [7, 11) is 3.82. The van der Waals surface area contributed by atoms with Gasteiger partial charge in [0.1, 0.15) is 5.75 Å². The number of methoxy groups -OCH3 is 1. The first-order valence-electron chi connectivity index (χ1n) is 11.0. The number of carbonyl (C=O) groups excluding carboxylic acids is 1. The minimum atomic E-state index is -0.154. The van der Waals surface area contributed by atoms with Crippen LogP contribution in [0.3, 0.4) is 0 Å². The number of anilines is 2. The summed E-state index contributed by atoms with van der Waals surface area (Å²) in [4.78, 5) is 17.3. The molecule has 1 amide bonds. The van der Waals surface area contributed by atoms with Crippen molar-refractivity contribution in [1.82, 2.24) is 15.1 Å². The smallest absolute Gasteiger partial charge is 0.256 e. The number of hydrogen-bond donors (Lipinski definition) is 2. The topological polar surface area (TPSA) is 73.5 Å². The largest absolute Gasteiger partial charge is 0.497 e. The van der Waals surface area contributed by atoms with Gasteiger partial charge in [0.05, 0.1) is 7.11 Å². The van der Waals surface area contributed by atoms with Gasteiger partial charge >= 0.3 is 0 Å². The zero-order valence-corrected chi connectivity index (χ0v) is 19.0. The van der Waals surface area contributed by atoms with Gasteiger partial charge in [-0.05, 0) is 74.3 Å². The molecule has 2 heterocycles. The number of nitrogens with zero attached hydrogens (tertiary/aromatic N) is 3. The van der Waals surface area contributed by atoms with Gasteiger partial charge in [-0.25, -0.2) is 0 Å². The highest BCUT2D eigenvalue weighted by Gasteiger charge is 2.15. The number of aromatic nitrogens is 2. The van der Waals surface area contributed by atoms with Gasteiger partial charge in [-0.1, -0.05) is 6.07 Å². The van der Waals surface area contributed by atoms with Crippen molar-refractivity contribution >= 4 is 17.4 Å². The van der Waals surface area contributed by atoms with Gasteiger partial charge in [-0.2, -0.15) is 5.10 Å². The van der Waals surface area contributed by atoms with Crippen molar-refractivity contribution in [3.05, 3.63) is 70.9 Å². The lowest BCUT2D eigenvalue weighted by Gasteiger charge is -2.34. The number of benzene rings is 2. The molecule has 0 saturated carbocycles. The number of rotatable bonds is 7. The predicted octanol–water partition coefficient (Wildman–Crippen LogP) is 3.52. The second-order valence-electron chi connectivity index (χ2n) is 8.36. The molecule has 7 nitrogen and oxygen atoms in total. The zero-order valence-electron chi connectivity index (χ0n) is 19.0. The lowest BCUT2D eigenvalue weighted by molar-refractivity contribution is 0.102. The van der Waals surface area contributed by atoms with E-state index in [-0.39, 0.29) is 5.91 Å². The molecule has 4 rings (SSSR count). The van der Waals surface area contributed by atoms with Crippen LogP contribution < -0.4 is 15.0 Å².